The summed E-state index contributed by atoms with van der Waals surface area (Å²) in [7, 11) is 0. The second kappa shape index (κ2) is 7.05. The van der Waals surface area contributed by atoms with E-state index in [0.717, 1.165) is 23.1 Å². The third kappa shape index (κ3) is 4.04. The SMILES string of the molecule is NCCCN(C=O)C(=O)c1cc([N+](=O)[O-])cc([N+](=O)[O-])c1. The predicted molar refractivity (Wildman–Crippen MR) is 70.5 cm³/mol. The van der Waals surface area contributed by atoms with Gasteiger partial charge in [0.25, 0.3) is 17.3 Å². The number of amides is 2. The molecule has 0 saturated heterocycles. The van der Waals surface area contributed by atoms with Crippen LogP contribution in [0.4, 0.5) is 11.4 Å². The van der Waals surface area contributed by atoms with Crippen molar-refractivity contribution in [2.45, 2.75) is 6.42 Å². The zero-order valence-electron chi connectivity index (χ0n) is 10.8. The van der Waals surface area contributed by atoms with Crippen molar-refractivity contribution in [3.8, 4) is 0 Å². The fourth-order valence-corrected chi connectivity index (χ4v) is 1.56. The van der Waals surface area contributed by atoms with Crippen LogP contribution >= 0.6 is 0 Å². The van der Waals surface area contributed by atoms with Crippen LogP contribution < -0.4 is 5.73 Å². The van der Waals surface area contributed by atoms with E-state index in [2.05, 4.69) is 0 Å². The van der Waals surface area contributed by atoms with E-state index in [4.69, 9.17) is 5.73 Å². The van der Waals surface area contributed by atoms with Gasteiger partial charge in [0, 0.05) is 18.7 Å². The molecule has 1 aromatic carbocycles. The fraction of sp³-hybridized carbons (Fsp3) is 0.273. The molecule has 0 aliphatic carbocycles. The summed E-state index contributed by atoms with van der Waals surface area (Å²) in [5.74, 6) is -0.856. The Bertz CT molecular complexity index is 556. The summed E-state index contributed by atoms with van der Waals surface area (Å²) >= 11 is 0. The highest BCUT2D eigenvalue weighted by molar-refractivity contribution is 6.00. The van der Waals surface area contributed by atoms with E-state index in [1.54, 1.807) is 0 Å². The molecule has 1 rings (SSSR count). The third-order valence-corrected chi connectivity index (χ3v) is 2.56. The van der Waals surface area contributed by atoms with Gasteiger partial charge in [0.05, 0.1) is 21.5 Å². The lowest BCUT2D eigenvalue weighted by Crippen LogP contribution is -2.31. The van der Waals surface area contributed by atoms with E-state index < -0.39 is 27.1 Å². The van der Waals surface area contributed by atoms with Gasteiger partial charge in [-0.05, 0) is 13.0 Å². The van der Waals surface area contributed by atoms with Crippen molar-refractivity contribution in [1.82, 2.24) is 4.90 Å². The topological polar surface area (TPSA) is 150 Å². The molecule has 0 aliphatic rings. The molecule has 1 aromatic rings. The second-order valence-electron chi connectivity index (χ2n) is 4.00. The maximum absolute atomic E-state index is 12.0. The number of rotatable bonds is 7. The lowest BCUT2D eigenvalue weighted by Gasteiger charge is -2.14. The Morgan fingerprint density at radius 1 is 1.19 bits per heavy atom. The molecule has 10 heteroatoms. The number of nitrogens with zero attached hydrogens (tertiary/aromatic N) is 3. The number of nitro benzene ring substituents is 2. The molecule has 2 amide bonds. The lowest BCUT2D eigenvalue weighted by atomic mass is 10.1. The van der Waals surface area contributed by atoms with E-state index >= 15 is 0 Å². The van der Waals surface area contributed by atoms with Gasteiger partial charge in [0.1, 0.15) is 0 Å². The Morgan fingerprint density at radius 3 is 2.10 bits per heavy atom. The number of hydrogen-bond donors (Lipinski definition) is 1. The molecule has 0 aliphatic heterocycles. The number of hydrogen-bond acceptors (Lipinski definition) is 7. The van der Waals surface area contributed by atoms with E-state index in [1.165, 1.54) is 0 Å². The molecule has 0 atom stereocenters. The number of benzene rings is 1. The van der Waals surface area contributed by atoms with Crippen LogP contribution in [0.5, 0.6) is 0 Å². The Hall–Kier alpha value is -2.88. The largest absolute Gasteiger partial charge is 0.330 e. The zero-order chi connectivity index (χ0) is 16.0. The van der Waals surface area contributed by atoms with E-state index in [0.29, 0.717) is 6.42 Å². The summed E-state index contributed by atoms with van der Waals surface area (Å²) in [6.45, 7) is 0.266. The van der Waals surface area contributed by atoms with Crippen LogP contribution in [0.15, 0.2) is 18.2 Å². The molecule has 0 spiro atoms. The molecule has 0 fully saturated rings. The lowest BCUT2D eigenvalue weighted by molar-refractivity contribution is -0.394. The van der Waals surface area contributed by atoms with Gasteiger partial charge in [0.15, 0.2) is 0 Å². The number of carbonyl (C=O) groups excluding carboxylic acids is 2. The smallest absolute Gasteiger partial charge is 0.277 e. The van der Waals surface area contributed by atoms with Crippen molar-refractivity contribution in [2.24, 2.45) is 5.73 Å². The zero-order valence-corrected chi connectivity index (χ0v) is 10.8. The average Bonchev–Trinajstić information content (AvgIpc) is 2.47. The van der Waals surface area contributed by atoms with Crippen LogP contribution in [0.1, 0.15) is 16.8 Å². The summed E-state index contributed by atoms with van der Waals surface area (Å²) in [5, 5.41) is 21.5. The molecule has 10 nitrogen and oxygen atoms in total. The summed E-state index contributed by atoms with van der Waals surface area (Å²) in [6, 6.07) is 2.50. The van der Waals surface area contributed by atoms with Gasteiger partial charge in [0.2, 0.25) is 6.41 Å². The quantitative estimate of drug-likeness (QED) is 0.436. The molecule has 0 heterocycles. The summed E-state index contributed by atoms with van der Waals surface area (Å²) in [6.07, 6.45) is 0.601. The molecule has 0 aromatic heterocycles. The van der Waals surface area contributed by atoms with Crippen LogP contribution in [-0.4, -0.2) is 40.2 Å². The summed E-state index contributed by atoms with van der Waals surface area (Å²) < 4.78 is 0. The van der Waals surface area contributed by atoms with Gasteiger partial charge in [-0.3, -0.25) is 34.7 Å². The number of nitrogens with two attached hydrogens (primary N) is 1. The minimum absolute atomic E-state index is 0.0231. The first-order valence-corrected chi connectivity index (χ1v) is 5.81. The Labute approximate surface area is 118 Å². The Kier molecular flexibility index (Phi) is 5.43. The van der Waals surface area contributed by atoms with E-state index in [9.17, 15) is 29.8 Å². The monoisotopic (exact) mass is 296 g/mol. The number of non-ortho nitro benzene ring substituents is 2. The maximum Gasteiger partial charge on any atom is 0.277 e. The molecule has 0 radical (unpaired) electrons. The molecule has 0 saturated carbocycles. The fourth-order valence-electron chi connectivity index (χ4n) is 1.56. The second-order valence-corrected chi connectivity index (χ2v) is 4.00. The van der Waals surface area contributed by atoms with E-state index in [-0.39, 0.29) is 25.1 Å². The molecular weight excluding hydrogens is 284 g/mol. The predicted octanol–water partition coefficient (Wildman–Crippen LogP) is 0.450. The standard InChI is InChI=1S/C11H12N4O6/c12-2-1-3-13(7-16)11(17)8-4-9(14(18)19)6-10(5-8)15(20)21/h4-7H,1-3,12H2. The van der Waals surface area contributed by atoms with Crippen LogP contribution in [0.3, 0.4) is 0 Å². The molecule has 21 heavy (non-hydrogen) atoms. The van der Waals surface area contributed by atoms with Crippen LogP contribution in [0.2, 0.25) is 0 Å². The molecule has 2 N–H and O–H groups in total. The normalized spacial score (nSPS) is 9.95. The highest BCUT2D eigenvalue weighted by atomic mass is 16.6. The minimum atomic E-state index is -0.856. The third-order valence-electron chi connectivity index (χ3n) is 2.56. The van der Waals surface area contributed by atoms with Gasteiger partial charge < -0.3 is 5.73 Å². The Balaban J connectivity index is 3.21. The van der Waals surface area contributed by atoms with E-state index in [1.807, 2.05) is 0 Å². The average molecular weight is 296 g/mol. The van der Waals surface area contributed by atoms with Crippen molar-refractivity contribution in [3.05, 3.63) is 44.0 Å². The van der Waals surface area contributed by atoms with Crippen molar-refractivity contribution in [1.29, 1.82) is 0 Å². The van der Waals surface area contributed by atoms with Gasteiger partial charge in [-0.2, -0.15) is 0 Å². The first-order chi connectivity index (χ1) is 9.90. The Morgan fingerprint density at radius 2 is 1.71 bits per heavy atom. The van der Waals surface area contributed by atoms with Crippen molar-refractivity contribution < 1.29 is 19.4 Å². The molecule has 0 bridgehead atoms. The number of imide groups is 1. The minimum Gasteiger partial charge on any atom is -0.330 e. The van der Waals surface area contributed by atoms with Gasteiger partial charge in [-0.25, -0.2) is 0 Å². The molecular formula is C11H12N4O6. The van der Waals surface area contributed by atoms with Crippen molar-refractivity contribution in [3.63, 3.8) is 0 Å². The summed E-state index contributed by atoms with van der Waals surface area (Å²) in [5.41, 5.74) is 3.76. The maximum atomic E-state index is 12.0. The highest BCUT2D eigenvalue weighted by Crippen LogP contribution is 2.23. The number of carbonyl (C=O) groups is 2. The van der Waals surface area contributed by atoms with Crippen molar-refractivity contribution >= 4 is 23.7 Å². The number of nitro groups is 2. The van der Waals surface area contributed by atoms with Crippen LogP contribution in [0, 0.1) is 20.2 Å². The van der Waals surface area contributed by atoms with Gasteiger partial charge in [-0.1, -0.05) is 0 Å². The highest BCUT2D eigenvalue weighted by Gasteiger charge is 2.22. The van der Waals surface area contributed by atoms with Crippen molar-refractivity contribution in [2.75, 3.05) is 13.1 Å². The first-order valence-electron chi connectivity index (χ1n) is 5.81. The van der Waals surface area contributed by atoms with Gasteiger partial charge >= 0.3 is 0 Å². The molecule has 0 unspecified atom stereocenters. The summed E-state index contributed by atoms with van der Waals surface area (Å²) in [4.78, 5) is 43.4. The van der Waals surface area contributed by atoms with Crippen LogP contribution in [0.25, 0.3) is 0 Å². The van der Waals surface area contributed by atoms with Gasteiger partial charge in [-0.15, -0.1) is 0 Å². The van der Waals surface area contributed by atoms with Crippen LogP contribution in [-0.2, 0) is 4.79 Å². The molecule has 112 valence electrons. The first kappa shape index (κ1) is 16.2.